The van der Waals surface area contributed by atoms with Gasteiger partial charge in [-0.05, 0) is 12.8 Å². The molecule has 0 radical (unpaired) electrons. The molecule has 1 aliphatic rings. The van der Waals surface area contributed by atoms with Gasteiger partial charge in [0.15, 0.2) is 5.60 Å². The highest BCUT2D eigenvalue weighted by Crippen LogP contribution is 2.40. The number of aliphatic hydroxyl groups is 2. The van der Waals surface area contributed by atoms with Crippen LogP contribution in [0, 0.1) is 5.92 Å². The predicted molar refractivity (Wildman–Crippen MR) is 114 cm³/mol. The molecule has 29 heavy (non-hydrogen) atoms. The van der Waals surface area contributed by atoms with E-state index in [1.807, 2.05) is 0 Å². The van der Waals surface area contributed by atoms with Crippen molar-refractivity contribution in [3.63, 3.8) is 0 Å². The molecule has 3 unspecified atom stereocenters. The Labute approximate surface area is 176 Å². The minimum atomic E-state index is -1.16. The average Bonchev–Trinajstić information content (AvgIpc) is 2.69. The average molecular weight is 417 g/mol. The van der Waals surface area contributed by atoms with Crippen molar-refractivity contribution < 1.29 is 29.9 Å². The van der Waals surface area contributed by atoms with Crippen molar-refractivity contribution in [1.82, 2.24) is 0 Å². The van der Waals surface area contributed by atoms with Gasteiger partial charge in [0.25, 0.3) is 0 Å². The number of carbonyl (C=O) groups excluding carboxylic acids is 1. The van der Waals surface area contributed by atoms with E-state index in [1.54, 1.807) is 0 Å². The fourth-order valence-corrected chi connectivity index (χ4v) is 4.40. The molecule has 1 heterocycles. The van der Waals surface area contributed by atoms with Crippen molar-refractivity contribution in [2.45, 2.75) is 121 Å². The summed E-state index contributed by atoms with van der Waals surface area (Å²) in [5.41, 5.74) is -1.16. The Hall–Kier alpha value is -0.690. The molecular weight excluding hydrogens is 372 g/mol. The Bertz CT molecular complexity index is 410. The van der Waals surface area contributed by atoms with E-state index in [9.17, 15) is 9.90 Å². The number of hydrogen-bond acceptors (Lipinski definition) is 6. The van der Waals surface area contributed by atoms with Gasteiger partial charge in [0.2, 0.25) is 0 Å². The SMILES string of the molecule is CCCCCCCCCCCCCCCC(CC(O)CO)C1(C(=O)OO)CCO1. The third-order valence-electron chi connectivity index (χ3n) is 6.34. The summed E-state index contributed by atoms with van der Waals surface area (Å²) < 4.78 is 5.52. The molecule has 0 bridgehead atoms. The highest BCUT2D eigenvalue weighted by molar-refractivity contribution is 5.80. The van der Waals surface area contributed by atoms with Gasteiger partial charge in [-0.15, -0.1) is 0 Å². The van der Waals surface area contributed by atoms with Crippen LogP contribution < -0.4 is 0 Å². The van der Waals surface area contributed by atoms with Gasteiger partial charge in [0.05, 0.1) is 19.3 Å². The molecule has 3 atom stereocenters. The Balaban J connectivity index is 2.16. The first-order valence-corrected chi connectivity index (χ1v) is 11.9. The lowest BCUT2D eigenvalue weighted by molar-refractivity contribution is -0.279. The van der Waals surface area contributed by atoms with Crippen LogP contribution in [0.5, 0.6) is 0 Å². The molecule has 0 aromatic heterocycles. The van der Waals surface area contributed by atoms with Gasteiger partial charge in [0.1, 0.15) is 0 Å². The summed E-state index contributed by atoms with van der Waals surface area (Å²) in [6.45, 7) is 2.35. The minimum absolute atomic E-state index is 0.259. The quantitative estimate of drug-likeness (QED) is 0.156. The molecule has 0 aromatic rings. The monoisotopic (exact) mass is 416 g/mol. The molecule has 1 saturated heterocycles. The van der Waals surface area contributed by atoms with Crippen LogP contribution in [0.15, 0.2) is 0 Å². The third-order valence-corrected chi connectivity index (χ3v) is 6.34. The van der Waals surface area contributed by atoms with Gasteiger partial charge in [-0.3, -0.25) is 4.89 Å². The second-order valence-electron chi connectivity index (χ2n) is 8.67. The van der Waals surface area contributed by atoms with Gasteiger partial charge < -0.3 is 14.9 Å². The van der Waals surface area contributed by atoms with Crippen LogP contribution in [0.4, 0.5) is 0 Å². The van der Waals surface area contributed by atoms with E-state index in [0.29, 0.717) is 19.4 Å². The van der Waals surface area contributed by atoms with E-state index < -0.39 is 17.7 Å². The van der Waals surface area contributed by atoms with Crippen molar-refractivity contribution in [3.8, 4) is 0 Å². The lowest BCUT2D eigenvalue weighted by Gasteiger charge is -2.44. The Morgan fingerprint density at radius 1 is 0.966 bits per heavy atom. The zero-order valence-corrected chi connectivity index (χ0v) is 18.4. The molecule has 6 nitrogen and oxygen atoms in total. The van der Waals surface area contributed by atoms with E-state index in [-0.39, 0.29) is 18.9 Å². The number of carbonyl (C=O) groups is 1. The molecule has 1 aliphatic heterocycles. The lowest BCUT2D eigenvalue weighted by Crippen LogP contribution is -2.57. The first-order chi connectivity index (χ1) is 14.1. The zero-order valence-electron chi connectivity index (χ0n) is 18.4. The molecule has 0 saturated carbocycles. The summed E-state index contributed by atoms with van der Waals surface area (Å²) in [4.78, 5) is 16.0. The second-order valence-corrected chi connectivity index (χ2v) is 8.67. The number of unbranched alkanes of at least 4 members (excludes halogenated alkanes) is 12. The molecule has 1 fully saturated rings. The second kappa shape index (κ2) is 16.1. The number of ether oxygens (including phenoxy) is 1. The normalized spacial score (nSPS) is 20.8. The largest absolute Gasteiger partial charge is 0.394 e. The highest BCUT2D eigenvalue weighted by Gasteiger charge is 2.53. The third kappa shape index (κ3) is 9.77. The van der Waals surface area contributed by atoms with Crippen LogP contribution in [-0.2, 0) is 14.4 Å². The topological polar surface area (TPSA) is 96.2 Å². The number of aliphatic hydroxyl groups excluding tert-OH is 2. The number of hydrogen-bond donors (Lipinski definition) is 3. The predicted octanol–water partition coefficient (Wildman–Crippen LogP) is 5.00. The smallest absolute Gasteiger partial charge is 0.373 e. The maximum absolute atomic E-state index is 12.0. The molecule has 6 heteroatoms. The van der Waals surface area contributed by atoms with E-state index in [2.05, 4.69) is 11.8 Å². The van der Waals surface area contributed by atoms with Crippen molar-refractivity contribution >= 4 is 5.97 Å². The van der Waals surface area contributed by atoms with E-state index in [4.69, 9.17) is 15.1 Å². The van der Waals surface area contributed by atoms with Crippen LogP contribution in [-0.4, -0.2) is 46.4 Å². The summed E-state index contributed by atoms with van der Waals surface area (Å²) in [5.74, 6) is -1.04. The van der Waals surface area contributed by atoms with Crippen molar-refractivity contribution in [2.75, 3.05) is 13.2 Å². The summed E-state index contributed by atoms with van der Waals surface area (Å²) in [5, 5.41) is 27.8. The number of rotatable bonds is 19. The first-order valence-electron chi connectivity index (χ1n) is 11.9. The molecule has 0 spiro atoms. The van der Waals surface area contributed by atoms with Gasteiger partial charge in [-0.25, -0.2) is 4.79 Å². The van der Waals surface area contributed by atoms with E-state index in [0.717, 1.165) is 12.8 Å². The standard InChI is InChI=1S/C23H44O6/c1-2-3-4-5-6-7-8-9-10-11-12-13-14-15-20(18-21(25)19-24)23(16-17-28-23)22(26)29-27/h20-21,24-25,27H,2-19H2,1H3. The fraction of sp³-hybridized carbons (Fsp3) is 0.957. The lowest BCUT2D eigenvalue weighted by atomic mass is 9.75. The Morgan fingerprint density at radius 2 is 1.45 bits per heavy atom. The van der Waals surface area contributed by atoms with Gasteiger partial charge in [0, 0.05) is 12.3 Å². The first kappa shape index (κ1) is 26.3. The van der Waals surface area contributed by atoms with Gasteiger partial charge in [-0.1, -0.05) is 90.4 Å². The van der Waals surface area contributed by atoms with Gasteiger partial charge in [-0.2, -0.15) is 5.26 Å². The van der Waals surface area contributed by atoms with Crippen LogP contribution in [0.3, 0.4) is 0 Å². The van der Waals surface area contributed by atoms with Crippen molar-refractivity contribution in [3.05, 3.63) is 0 Å². The van der Waals surface area contributed by atoms with Crippen molar-refractivity contribution in [1.29, 1.82) is 0 Å². The maximum atomic E-state index is 12.0. The van der Waals surface area contributed by atoms with Crippen molar-refractivity contribution in [2.24, 2.45) is 5.92 Å². The molecule has 0 amide bonds. The van der Waals surface area contributed by atoms with Gasteiger partial charge >= 0.3 is 5.97 Å². The zero-order chi connectivity index (χ0) is 21.4. The molecule has 172 valence electrons. The molecule has 1 rings (SSSR count). The van der Waals surface area contributed by atoms with Crippen LogP contribution in [0.2, 0.25) is 0 Å². The van der Waals surface area contributed by atoms with Crippen LogP contribution in [0.25, 0.3) is 0 Å². The fourth-order valence-electron chi connectivity index (χ4n) is 4.40. The Morgan fingerprint density at radius 3 is 1.83 bits per heavy atom. The summed E-state index contributed by atoms with van der Waals surface area (Å²) in [6, 6.07) is 0. The van der Waals surface area contributed by atoms with E-state index >= 15 is 0 Å². The highest BCUT2D eigenvalue weighted by atomic mass is 17.1. The maximum Gasteiger partial charge on any atom is 0.373 e. The summed E-state index contributed by atoms with van der Waals surface area (Å²) in [7, 11) is 0. The Kier molecular flexibility index (Phi) is 14.6. The summed E-state index contributed by atoms with van der Waals surface area (Å²) in [6.07, 6.45) is 17.1. The molecule has 0 aromatic carbocycles. The minimum Gasteiger partial charge on any atom is -0.394 e. The molecule has 0 aliphatic carbocycles. The van der Waals surface area contributed by atoms with Crippen LogP contribution >= 0.6 is 0 Å². The molecular formula is C23H44O6. The van der Waals surface area contributed by atoms with Crippen LogP contribution in [0.1, 0.15) is 110 Å². The molecule has 3 N–H and O–H groups in total. The summed E-state index contributed by atoms with van der Waals surface area (Å²) >= 11 is 0. The van der Waals surface area contributed by atoms with E-state index in [1.165, 1.54) is 70.6 Å².